The minimum Gasteiger partial charge on any atom is -0.294 e. The molecule has 4 rings (SSSR count). The SMILES string of the molecule is CC(C)(C)C(=O)Nc1ncc2cc(-c3c(F)ccc(NS(=O)(=O)c4ccc(Cl)c(C(F)(F)F)c4)c3F)ccc2n1. The molecule has 0 atom stereocenters. The zero-order valence-corrected chi connectivity index (χ0v) is 22.6. The predicted octanol–water partition coefficient (Wildman–Crippen LogP) is 7.03. The number of nitrogens with zero attached hydrogens (tertiary/aromatic N) is 2. The smallest absolute Gasteiger partial charge is 0.294 e. The standard InChI is InChI=1S/C26H20ClF5N4O3S/c1-25(2,3)23(37)35-24-33-12-14-10-13(4-8-19(14)34-24)21-18(28)7-9-20(22(21)29)36-40(38,39)15-5-6-17(27)16(11-15)26(30,31)32/h4-12,36H,1-3H3,(H,33,34,35,37). The summed E-state index contributed by atoms with van der Waals surface area (Å²) in [5.74, 6) is -2.62. The van der Waals surface area contributed by atoms with Gasteiger partial charge in [-0.3, -0.25) is 14.8 Å². The summed E-state index contributed by atoms with van der Waals surface area (Å²) in [4.78, 5) is 19.7. The van der Waals surface area contributed by atoms with E-state index in [0.717, 1.165) is 24.3 Å². The molecule has 1 amide bonds. The number of halogens is 6. The molecule has 0 saturated heterocycles. The Morgan fingerprint density at radius 1 is 0.975 bits per heavy atom. The lowest BCUT2D eigenvalue weighted by molar-refractivity contribution is -0.137. The summed E-state index contributed by atoms with van der Waals surface area (Å²) < 4.78 is 97.3. The lowest BCUT2D eigenvalue weighted by atomic mass is 9.96. The van der Waals surface area contributed by atoms with Crippen molar-refractivity contribution in [1.82, 2.24) is 9.97 Å². The van der Waals surface area contributed by atoms with Crippen LogP contribution < -0.4 is 10.0 Å². The number of anilines is 2. The number of sulfonamides is 1. The molecule has 1 heterocycles. The quantitative estimate of drug-likeness (QED) is 0.240. The third-order valence-electron chi connectivity index (χ3n) is 5.66. The van der Waals surface area contributed by atoms with E-state index in [1.54, 1.807) is 20.8 Å². The molecular weight excluding hydrogens is 579 g/mol. The number of aromatic nitrogens is 2. The Hall–Kier alpha value is -3.84. The number of hydrogen-bond acceptors (Lipinski definition) is 5. The fourth-order valence-corrected chi connectivity index (χ4v) is 4.84. The largest absolute Gasteiger partial charge is 0.417 e. The molecule has 0 spiro atoms. The van der Waals surface area contributed by atoms with Crippen LogP contribution in [0.5, 0.6) is 0 Å². The van der Waals surface area contributed by atoms with E-state index in [0.29, 0.717) is 17.0 Å². The number of carbonyl (C=O) groups excluding carboxylic acids is 1. The zero-order chi connectivity index (χ0) is 29.6. The van der Waals surface area contributed by atoms with Gasteiger partial charge in [0.15, 0.2) is 5.82 Å². The molecule has 210 valence electrons. The maximum Gasteiger partial charge on any atom is 0.417 e. The molecule has 3 aromatic carbocycles. The van der Waals surface area contributed by atoms with E-state index in [9.17, 15) is 30.8 Å². The lowest BCUT2D eigenvalue weighted by Gasteiger charge is -2.16. The van der Waals surface area contributed by atoms with Crippen molar-refractivity contribution in [1.29, 1.82) is 0 Å². The number of fused-ring (bicyclic) bond motifs is 1. The summed E-state index contributed by atoms with van der Waals surface area (Å²) in [5, 5.41) is 2.22. The highest BCUT2D eigenvalue weighted by molar-refractivity contribution is 7.92. The minimum absolute atomic E-state index is 0.00414. The van der Waals surface area contributed by atoms with Crippen molar-refractivity contribution in [3.63, 3.8) is 0 Å². The van der Waals surface area contributed by atoms with Crippen LogP contribution in [0.4, 0.5) is 33.6 Å². The van der Waals surface area contributed by atoms with Crippen LogP contribution in [0.25, 0.3) is 22.0 Å². The molecule has 0 aliphatic carbocycles. The molecule has 4 aromatic rings. The average Bonchev–Trinajstić information content (AvgIpc) is 2.84. The molecule has 0 radical (unpaired) electrons. The van der Waals surface area contributed by atoms with Crippen molar-refractivity contribution in [3.05, 3.63) is 76.9 Å². The second-order valence-corrected chi connectivity index (χ2v) is 11.8. The summed E-state index contributed by atoms with van der Waals surface area (Å²) >= 11 is 5.55. The topological polar surface area (TPSA) is 101 Å². The predicted molar refractivity (Wildman–Crippen MR) is 140 cm³/mol. The van der Waals surface area contributed by atoms with E-state index in [1.165, 1.54) is 24.4 Å². The molecule has 0 bridgehead atoms. The van der Waals surface area contributed by atoms with Gasteiger partial charge in [0.05, 0.1) is 32.2 Å². The van der Waals surface area contributed by atoms with Gasteiger partial charge in [-0.15, -0.1) is 0 Å². The van der Waals surface area contributed by atoms with Gasteiger partial charge >= 0.3 is 6.18 Å². The first-order valence-electron chi connectivity index (χ1n) is 11.4. The molecule has 0 saturated carbocycles. The monoisotopic (exact) mass is 598 g/mol. The Morgan fingerprint density at radius 2 is 1.68 bits per heavy atom. The minimum atomic E-state index is -4.93. The number of carbonyl (C=O) groups is 1. The van der Waals surface area contributed by atoms with Crippen LogP contribution in [-0.4, -0.2) is 24.3 Å². The Bertz CT molecular complexity index is 1760. The Morgan fingerprint density at radius 3 is 2.33 bits per heavy atom. The highest BCUT2D eigenvalue weighted by Crippen LogP contribution is 2.37. The van der Waals surface area contributed by atoms with E-state index in [4.69, 9.17) is 11.6 Å². The van der Waals surface area contributed by atoms with Crippen molar-refractivity contribution < 1.29 is 35.2 Å². The van der Waals surface area contributed by atoms with Crippen LogP contribution >= 0.6 is 11.6 Å². The van der Waals surface area contributed by atoms with Crippen molar-refractivity contribution in [3.8, 4) is 11.1 Å². The molecule has 0 unspecified atom stereocenters. The van der Waals surface area contributed by atoms with E-state index < -0.39 is 60.0 Å². The Labute approximate surface area is 230 Å². The first-order chi connectivity index (χ1) is 18.5. The van der Waals surface area contributed by atoms with E-state index in [2.05, 4.69) is 15.3 Å². The van der Waals surface area contributed by atoms with Crippen molar-refractivity contribution in [2.24, 2.45) is 5.41 Å². The van der Waals surface area contributed by atoms with Crippen LogP contribution in [-0.2, 0) is 21.0 Å². The molecule has 0 fully saturated rings. The lowest BCUT2D eigenvalue weighted by Crippen LogP contribution is -2.28. The van der Waals surface area contributed by atoms with Gasteiger partial charge < -0.3 is 0 Å². The first-order valence-corrected chi connectivity index (χ1v) is 13.3. The van der Waals surface area contributed by atoms with Gasteiger partial charge in [0.2, 0.25) is 11.9 Å². The fourth-order valence-electron chi connectivity index (χ4n) is 3.53. The zero-order valence-electron chi connectivity index (χ0n) is 21.0. The summed E-state index contributed by atoms with van der Waals surface area (Å²) in [6, 6.07) is 7.63. The van der Waals surface area contributed by atoms with E-state index in [-0.39, 0.29) is 17.4 Å². The van der Waals surface area contributed by atoms with E-state index >= 15 is 4.39 Å². The van der Waals surface area contributed by atoms with Gasteiger partial charge in [0.1, 0.15) is 5.82 Å². The third-order valence-corrected chi connectivity index (χ3v) is 7.36. The van der Waals surface area contributed by atoms with Crippen molar-refractivity contribution in [2.45, 2.75) is 31.8 Å². The van der Waals surface area contributed by atoms with Gasteiger partial charge in [0, 0.05) is 17.0 Å². The summed E-state index contributed by atoms with van der Waals surface area (Å²) in [7, 11) is -4.73. The van der Waals surface area contributed by atoms with Crippen LogP contribution in [0.15, 0.2) is 59.6 Å². The van der Waals surface area contributed by atoms with Gasteiger partial charge in [-0.1, -0.05) is 38.4 Å². The number of benzene rings is 3. The van der Waals surface area contributed by atoms with Crippen molar-refractivity contribution >= 4 is 50.1 Å². The molecule has 14 heteroatoms. The average molecular weight is 599 g/mol. The molecule has 0 aliphatic rings. The molecule has 1 aromatic heterocycles. The Kier molecular flexibility index (Phi) is 7.50. The van der Waals surface area contributed by atoms with E-state index in [1.807, 2.05) is 4.72 Å². The highest BCUT2D eigenvalue weighted by Gasteiger charge is 2.35. The second-order valence-electron chi connectivity index (χ2n) is 9.70. The summed E-state index contributed by atoms with van der Waals surface area (Å²) in [6.07, 6.45) is -3.60. The first kappa shape index (κ1) is 29.2. The molecule has 2 N–H and O–H groups in total. The number of rotatable bonds is 5. The Balaban J connectivity index is 1.69. The summed E-state index contributed by atoms with van der Waals surface area (Å²) in [5.41, 5.74) is -3.03. The van der Waals surface area contributed by atoms with Gasteiger partial charge in [-0.25, -0.2) is 27.2 Å². The maximum absolute atomic E-state index is 15.5. The third kappa shape index (κ3) is 5.99. The number of alkyl halides is 3. The van der Waals surface area contributed by atoms with Gasteiger partial charge in [0.25, 0.3) is 10.0 Å². The van der Waals surface area contributed by atoms with Gasteiger partial charge in [-0.05, 0) is 48.0 Å². The van der Waals surface area contributed by atoms with Crippen molar-refractivity contribution in [2.75, 3.05) is 10.0 Å². The number of hydrogen-bond donors (Lipinski definition) is 2. The fraction of sp³-hybridized carbons (Fsp3) is 0.192. The molecule has 0 aliphatic heterocycles. The van der Waals surface area contributed by atoms with Crippen LogP contribution in [0.2, 0.25) is 5.02 Å². The summed E-state index contributed by atoms with van der Waals surface area (Å²) in [6.45, 7) is 5.13. The van der Waals surface area contributed by atoms with Crippen LogP contribution in [0.1, 0.15) is 26.3 Å². The number of amides is 1. The van der Waals surface area contributed by atoms with Crippen LogP contribution in [0.3, 0.4) is 0 Å². The normalized spacial score (nSPS) is 12.4. The second kappa shape index (κ2) is 10.3. The molecule has 40 heavy (non-hydrogen) atoms. The van der Waals surface area contributed by atoms with Gasteiger partial charge in [-0.2, -0.15) is 13.2 Å². The number of nitrogens with one attached hydrogen (secondary N) is 2. The molecule has 7 nitrogen and oxygen atoms in total. The maximum atomic E-state index is 15.5. The van der Waals surface area contributed by atoms with Crippen LogP contribution in [0, 0.1) is 17.0 Å². The molecular formula is C26H20ClF5N4O3S. The highest BCUT2D eigenvalue weighted by atomic mass is 35.5.